The van der Waals surface area contributed by atoms with E-state index >= 15 is 0 Å². The van der Waals surface area contributed by atoms with Crippen LogP contribution in [0, 0.1) is 5.92 Å². The number of hydrogen-bond donors (Lipinski definition) is 0. The van der Waals surface area contributed by atoms with Crippen molar-refractivity contribution in [2.45, 2.75) is 32.1 Å². The van der Waals surface area contributed by atoms with Crippen LogP contribution >= 0.6 is 0 Å². The Bertz CT molecular complexity index is 676. The van der Waals surface area contributed by atoms with E-state index in [4.69, 9.17) is 9.47 Å². The van der Waals surface area contributed by atoms with Crippen molar-refractivity contribution in [3.63, 3.8) is 0 Å². The van der Waals surface area contributed by atoms with Gasteiger partial charge in [0.25, 0.3) is 5.91 Å². The second kappa shape index (κ2) is 7.56. The Kier molecular flexibility index (Phi) is 5.00. The van der Waals surface area contributed by atoms with Crippen molar-refractivity contribution < 1.29 is 19.1 Å². The van der Waals surface area contributed by atoms with Gasteiger partial charge in [0.05, 0.1) is 5.56 Å². The molecule has 0 aromatic heterocycles. The lowest BCUT2D eigenvalue weighted by molar-refractivity contribution is -0.138. The number of nitrogens with zero attached hydrogens (tertiary/aromatic N) is 2. The summed E-state index contributed by atoms with van der Waals surface area (Å²) in [5, 5.41) is 0. The lowest BCUT2D eigenvalue weighted by atomic mass is 9.88. The molecule has 2 amide bonds. The molecule has 2 heterocycles. The molecule has 3 aliphatic rings. The summed E-state index contributed by atoms with van der Waals surface area (Å²) in [5.74, 6) is 1.61. The highest BCUT2D eigenvalue weighted by Gasteiger charge is 2.31. The van der Waals surface area contributed by atoms with Crippen LogP contribution in [0.25, 0.3) is 0 Å². The SMILES string of the molecule is O=C(c1cccc2c1OCCO2)N1CCN(C(=O)C2CCCCC2)CC1. The number of piperazine rings is 1. The van der Waals surface area contributed by atoms with Gasteiger partial charge in [0.2, 0.25) is 5.91 Å². The molecule has 0 N–H and O–H groups in total. The molecule has 6 heteroatoms. The minimum atomic E-state index is -0.0443. The zero-order valence-corrected chi connectivity index (χ0v) is 15.1. The molecule has 2 aliphatic heterocycles. The number of ether oxygens (including phenoxy) is 2. The monoisotopic (exact) mass is 358 g/mol. The van der Waals surface area contributed by atoms with Crippen LogP contribution in [0.3, 0.4) is 0 Å². The number of rotatable bonds is 2. The van der Waals surface area contributed by atoms with E-state index in [1.807, 2.05) is 21.9 Å². The molecule has 0 spiro atoms. The molecular formula is C20H26N2O4. The highest BCUT2D eigenvalue weighted by molar-refractivity contribution is 5.98. The molecule has 1 aromatic rings. The maximum atomic E-state index is 12.9. The first-order valence-electron chi connectivity index (χ1n) is 9.71. The number of fused-ring (bicyclic) bond motifs is 1. The molecule has 1 saturated heterocycles. The third-order valence-electron chi connectivity index (χ3n) is 5.63. The van der Waals surface area contributed by atoms with Gasteiger partial charge in [-0.15, -0.1) is 0 Å². The highest BCUT2D eigenvalue weighted by atomic mass is 16.6. The Morgan fingerprint density at radius 1 is 0.885 bits per heavy atom. The number of carbonyl (C=O) groups excluding carboxylic acids is 2. The fourth-order valence-corrected chi connectivity index (χ4v) is 4.15. The van der Waals surface area contributed by atoms with Crippen LogP contribution < -0.4 is 9.47 Å². The molecule has 1 aromatic carbocycles. The molecule has 26 heavy (non-hydrogen) atoms. The summed E-state index contributed by atoms with van der Waals surface area (Å²) in [6.45, 7) is 3.35. The summed E-state index contributed by atoms with van der Waals surface area (Å²) in [5.41, 5.74) is 0.550. The molecule has 0 unspecified atom stereocenters. The summed E-state index contributed by atoms with van der Waals surface area (Å²) in [7, 11) is 0. The minimum Gasteiger partial charge on any atom is -0.486 e. The van der Waals surface area contributed by atoms with E-state index in [0.29, 0.717) is 56.5 Å². The van der Waals surface area contributed by atoms with Gasteiger partial charge in [-0.25, -0.2) is 0 Å². The number of hydrogen-bond acceptors (Lipinski definition) is 4. The first-order chi connectivity index (χ1) is 12.7. The quantitative estimate of drug-likeness (QED) is 0.814. The third kappa shape index (κ3) is 3.37. The molecule has 2 fully saturated rings. The summed E-state index contributed by atoms with van der Waals surface area (Å²) in [6.07, 6.45) is 5.61. The molecule has 0 atom stereocenters. The lowest BCUT2D eigenvalue weighted by Crippen LogP contribution is -2.52. The summed E-state index contributed by atoms with van der Waals surface area (Å²) in [6, 6.07) is 5.44. The summed E-state index contributed by atoms with van der Waals surface area (Å²) < 4.78 is 11.2. The van der Waals surface area contributed by atoms with Gasteiger partial charge in [0.15, 0.2) is 11.5 Å². The van der Waals surface area contributed by atoms with E-state index in [0.717, 1.165) is 25.7 Å². The molecule has 6 nitrogen and oxygen atoms in total. The molecule has 140 valence electrons. The van der Waals surface area contributed by atoms with Crippen molar-refractivity contribution in [3.8, 4) is 11.5 Å². The maximum Gasteiger partial charge on any atom is 0.257 e. The molecule has 4 rings (SSSR count). The van der Waals surface area contributed by atoms with Crippen molar-refractivity contribution in [2.24, 2.45) is 5.92 Å². The summed E-state index contributed by atoms with van der Waals surface area (Å²) in [4.78, 5) is 29.4. The van der Waals surface area contributed by atoms with Crippen molar-refractivity contribution in [1.82, 2.24) is 9.80 Å². The predicted molar refractivity (Wildman–Crippen MR) is 96.5 cm³/mol. The largest absolute Gasteiger partial charge is 0.486 e. The fourth-order valence-electron chi connectivity index (χ4n) is 4.15. The van der Waals surface area contributed by atoms with Gasteiger partial charge in [0.1, 0.15) is 13.2 Å². The molecular weight excluding hydrogens is 332 g/mol. The van der Waals surface area contributed by atoms with Crippen molar-refractivity contribution in [3.05, 3.63) is 23.8 Å². The fraction of sp³-hybridized carbons (Fsp3) is 0.600. The Balaban J connectivity index is 1.39. The van der Waals surface area contributed by atoms with Crippen LogP contribution in [-0.4, -0.2) is 61.0 Å². The predicted octanol–water partition coefficient (Wildman–Crippen LogP) is 2.32. The first kappa shape index (κ1) is 17.2. The van der Waals surface area contributed by atoms with Gasteiger partial charge in [-0.1, -0.05) is 25.3 Å². The Morgan fingerprint density at radius 2 is 1.58 bits per heavy atom. The van der Waals surface area contributed by atoms with E-state index in [1.54, 1.807) is 6.07 Å². The zero-order chi connectivity index (χ0) is 17.9. The summed E-state index contributed by atoms with van der Waals surface area (Å²) >= 11 is 0. The van der Waals surface area contributed by atoms with Gasteiger partial charge < -0.3 is 19.3 Å². The standard InChI is InChI=1S/C20H26N2O4/c23-19(15-5-2-1-3-6-15)21-9-11-22(12-10-21)20(24)16-7-4-8-17-18(16)26-14-13-25-17/h4,7-8,15H,1-3,5-6,9-14H2. The number of carbonyl (C=O) groups is 2. The van der Waals surface area contributed by atoms with Crippen molar-refractivity contribution >= 4 is 11.8 Å². The zero-order valence-electron chi connectivity index (χ0n) is 15.1. The van der Waals surface area contributed by atoms with Gasteiger partial charge >= 0.3 is 0 Å². The Hall–Kier alpha value is -2.24. The van der Waals surface area contributed by atoms with Gasteiger partial charge in [0, 0.05) is 32.1 Å². The van der Waals surface area contributed by atoms with Crippen molar-refractivity contribution in [2.75, 3.05) is 39.4 Å². The smallest absolute Gasteiger partial charge is 0.257 e. The normalized spacial score (nSPS) is 20.8. The molecule has 0 radical (unpaired) electrons. The van der Waals surface area contributed by atoms with Crippen LogP contribution in [0.2, 0.25) is 0 Å². The second-order valence-corrected chi connectivity index (χ2v) is 7.28. The van der Waals surface area contributed by atoms with Gasteiger partial charge in [-0.3, -0.25) is 9.59 Å². The Morgan fingerprint density at radius 3 is 2.35 bits per heavy atom. The van der Waals surface area contributed by atoms with E-state index in [1.165, 1.54) is 6.42 Å². The Labute approximate surface area is 154 Å². The highest BCUT2D eigenvalue weighted by Crippen LogP contribution is 2.34. The van der Waals surface area contributed by atoms with Crippen LogP contribution in [0.15, 0.2) is 18.2 Å². The third-order valence-corrected chi connectivity index (χ3v) is 5.63. The average molecular weight is 358 g/mol. The van der Waals surface area contributed by atoms with Gasteiger partial charge in [-0.05, 0) is 25.0 Å². The van der Waals surface area contributed by atoms with E-state index in [2.05, 4.69) is 0 Å². The average Bonchev–Trinajstić information content (AvgIpc) is 2.73. The van der Waals surface area contributed by atoms with E-state index < -0.39 is 0 Å². The van der Waals surface area contributed by atoms with E-state index in [-0.39, 0.29) is 17.7 Å². The van der Waals surface area contributed by atoms with Crippen LogP contribution in [0.1, 0.15) is 42.5 Å². The van der Waals surface area contributed by atoms with Gasteiger partial charge in [-0.2, -0.15) is 0 Å². The maximum absolute atomic E-state index is 12.9. The molecule has 1 saturated carbocycles. The first-order valence-corrected chi connectivity index (χ1v) is 9.71. The topological polar surface area (TPSA) is 59.1 Å². The number of benzene rings is 1. The second-order valence-electron chi connectivity index (χ2n) is 7.28. The van der Waals surface area contributed by atoms with Crippen LogP contribution in [-0.2, 0) is 4.79 Å². The van der Waals surface area contributed by atoms with Crippen LogP contribution in [0.4, 0.5) is 0 Å². The van der Waals surface area contributed by atoms with E-state index in [9.17, 15) is 9.59 Å². The number of para-hydroxylation sites is 1. The lowest BCUT2D eigenvalue weighted by Gasteiger charge is -2.37. The molecule has 0 bridgehead atoms. The van der Waals surface area contributed by atoms with Crippen molar-refractivity contribution in [1.29, 1.82) is 0 Å². The van der Waals surface area contributed by atoms with Crippen LogP contribution in [0.5, 0.6) is 11.5 Å². The number of amides is 2. The minimum absolute atomic E-state index is 0.0443. The molecule has 1 aliphatic carbocycles.